The van der Waals surface area contributed by atoms with Crippen molar-refractivity contribution in [1.29, 1.82) is 0 Å². The lowest BCUT2D eigenvalue weighted by Crippen LogP contribution is -2.35. The number of rotatable bonds is 5. The number of halogens is 1. The highest BCUT2D eigenvalue weighted by Gasteiger charge is 2.30. The molecule has 3 atom stereocenters. The van der Waals surface area contributed by atoms with Crippen LogP contribution in [0.15, 0.2) is 15.9 Å². The topological polar surface area (TPSA) is 49.3 Å². The van der Waals surface area contributed by atoms with Gasteiger partial charge < -0.3 is 10.4 Å². The number of hydrogen-bond acceptors (Lipinski definition) is 3. The molecule has 106 valence electrons. The van der Waals surface area contributed by atoms with Gasteiger partial charge in [0.2, 0.25) is 0 Å². The van der Waals surface area contributed by atoms with Crippen molar-refractivity contribution in [3.63, 3.8) is 0 Å². The molecular weight excluding hydrogens is 326 g/mol. The summed E-state index contributed by atoms with van der Waals surface area (Å²) >= 11 is 5.20. The molecule has 0 spiro atoms. The monoisotopic (exact) mass is 345 g/mol. The summed E-state index contributed by atoms with van der Waals surface area (Å²) in [7, 11) is 0. The summed E-state index contributed by atoms with van der Waals surface area (Å²) < 4.78 is 1.14. The van der Waals surface area contributed by atoms with Gasteiger partial charge in [0.05, 0.1) is 9.70 Å². The van der Waals surface area contributed by atoms with Crippen molar-refractivity contribution in [3.05, 3.63) is 20.8 Å². The Morgan fingerprint density at radius 1 is 1.53 bits per heavy atom. The first-order valence-corrected chi connectivity index (χ1v) is 8.40. The van der Waals surface area contributed by atoms with E-state index in [0.29, 0.717) is 0 Å². The minimum Gasteiger partial charge on any atom is -0.481 e. The first-order chi connectivity index (χ1) is 9.08. The van der Waals surface area contributed by atoms with E-state index in [1.807, 2.05) is 0 Å². The fourth-order valence-electron chi connectivity index (χ4n) is 2.77. The zero-order valence-corrected chi connectivity index (χ0v) is 13.5. The van der Waals surface area contributed by atoms with Crippen molar-refractivity contribution in [2.24, 2.45) is 11.8 Å². The highest BCUT2D eigenvalue weighted by Crippen LogP contribution is 2.31. The lowest BCUT2D eigenvalue weighted by atomic mass is 9.79. The minimum absolute atomic E-state index is 0.163. The van der Waals surface area contributed by atoms with Crippen LogP contribution in [-0.4, -0.2) is 17.6 Å². The Morgan fingerprint density at radius 3 is 2.89 bits per heavy atom. The Balaban J connectivity index is 1.88. The maximum Gasteiger partial charge on any atom is 0.306 e. The second-order valence-electron chi connectivity index (χ2n) is 5.26. The molecule has 1 fully saturated rings. The molecule has 3 nitrogen and oxygen atoms in total. The van der Waals surface area contributed by atoms with E-state index in [-0.39, 0.29) is 17.9 Å². The highest BCUT2D eigenvalue weighted by atomic mass is 79.9. The predicted molar refractivity (Wildman–Crippen MR) is 81.5 cm³/mol. The third-order valence-electron chi connectivity index (χ3n) is 3.93. The number of nitrogens with one attached hydrogen (secondary N) is 1. The lowest BCUT2D eigenvalue weighted by molar-refractivity contribution is -0.144. The van der Waals surface area contributed by atoms with Gasteiger partial charge in [-0.05, 0) is 60.3 Å². The maximum atomic E-state index is 11.3. The van der Waals surface area contributed by atoms with Gasteiger partial charge in [0, 0.05) is 10.9 Å². The van der Waals surface area contributed by atoms with E-state index in [9.17, 15) is 9.90 Å². The van der Waals surface area contributed by atoms with Crippen LogP contribution in [0.3, 0.4) is 0 Å². The molecule has 0 saturated heterocycles. The van der Waals surface area contributed by atoms with Crippen LogP contribution in [0.2, 0.25) is 0 Å². The van der Waals surface area contributed by atoms with Crippen LogP contribution in [0.4, 0.5) is 0 Å². The van der Waals surface area contributed by atoms with Crippen LogP contribution in [-0.2, 0) is 4.79 Å². The molecule has 0 amide bonds. The van der Waals surface area contributed by atoms with Crippen molar-refractivity contribution in [2.75, 3.05) is 6.54 Å². The molecule has 3 unspecified atom stereocenters. The predicted octanol–water partition coefficient (Wildman–Crippen LogP) is 4.05. The van der Waals surface area contributed by atoms with Gasteiger partial charge in [-0.15, -0.1) is 11.3 Å². The largest absolute Gasteiger partial charge is 0.481 e. The zero-order valence-electron chi connectivity index (χ0n) is 11.1. The van der Waals surface area contributed by atoms with Crippen molar-refractivity contribution >= 4 is 33.2 Å². The molecule has 5 heteroatoms. The van der Waals surface area contributed by atoms with Crippen LogP contribution in [0.1, 0.15) is 43.5 Å². The minimum atomic E-state index is -0.627. The van der Waals surface area contributed by atoms with E-state index < -0.39 is 5.97 Å². The quantitative estimate of drug-likeness (QED) is 0.846. The average molecular weight is 346 g/mol. The van der Waals surface area contributed by atoms with E-state index in [4.69, 9.17) is 0 Å². The number of hydrogen-bond donors (Lipinski definition) is 2. The lowest BCUT2D eigenvalue weighted by Gasteiger charge is -2.29. The molecule has 0 aromatic carbocycles. The summed E-state index contributed by atoms with van der Waals surface area (Å²) in [5, 5.41) is 12.8. The van der Waals surface area contributed by atoms with Crippen LogP contribution in [0, 0.1) is 11.8 Å². The second kappa shape index (κ2) is 6.86. The summed E-state index contributed by atoms with van der Waals surface area (Å²) in [4.78, 5) is 12.5. The first-order valence-electron chi connectivity index (χ1n) is 6.79. The summed E-state index contributed by atoms with van der Waals surface area (Å²) in [6.45, 7) is 2.94. The van der Waals surface area contributed by atoms with Crippen molar-refractivity contribution in [3.8, 4) is 0 Å². The van der Waals surface area contributed by atoms with Crippen molar-refractivity contribution in [2.45, 2.75) is 38.6 Å². The van der Waals surface area contributed by atoms with E-state index in [1.54, 1.807) is 11.3 Å². The van der Waals surface area contributed by atoms with E-state index in [0.717, 1.165) is 36.0 Å². The molecule has 2 N–H and O–H groups in total. The SMILES string of the molecule is CC(NCC1CCCCC1C(=O)O)c1ccc(Br)s1. The number of aliphatic carboxylic acids is 1. The van der Waals surface area contributed by atoms with Gasteiger partial charge in [0.15, 0.2) is 0 Å². The van der Waals surface area contributed by atoms with Gasteiger partial charge in [-0.2, -0.15) is 0 Å². The Morgan fingerprint density at radius 2 is 2.26 bits per heavy atom. The molecule has 19 heavy (non-hydrogen) atoms. The second-order valence-corrected chi connectivity index (χ2v) is 7.76. The van der Waals surface area contributed by atoms with Crippen LogP contribution < -0.4 is 5.32 Å². The van der Waals surface area contributed by atoms with Gasteiger partial charge in [-0.1, -0.05) is 12.8 Å². The standard InChI is InChI=1S/C14H20BrNO2S/c1-9(12-6-7-13(15)19-12)16-8-10-4-2-3-5-11(10)14(17)18/h6-7,9-11,16H,2-5,8H2,1H3,(H,17,18). The zero-order chi connectivity index (χ0) is 13.8. The van der Waals surface area contributed by atoms with Crippen molar-refractivity contribution in [1.82, 2.24) is 5.32 Å². The Labute approximate surface area is 126 Å². The molecule has 0 radical (unpaired) electrons. The van der Waals surface area contributed by atoms with E-state index in [2.05, 4.69) is 40.3 Å². The molecule has 1 aliphatic rings. The first kappa shape index (κ1) is 15.0. The molecule has 0 bridgehead atoms. The van der Waals surface area contributed by atoms with Gasteiger partial charge >= 0.3 is 5.97 Å². The van der Waals surface area contributed by atoms with Crippen LogP contribution in [0.5, 0.6) is 0 Å². The number of carboxylic acids is 1. The van der Waals surface area contributed by atoms with Gasteiger partial charge in [-0.3, -0.25) is 4.79 Å². The number of carboxylic acid groups (broad SMARTS) is 1. The summed E-state index contributed by atoms with van der Waals surface area (Å²) in [6.07, 6.45) is 4.08. The fourth-order valence-corrected chi connectivity index (χ4v) is 4.22. The normalized spacial score (nSPS) is 25.2. The number of carbonyl (C=O) groups is 1. The number of thiophene rings is 1. The summed E-state index contributed by atoms with van der Waals surface area (Å²) in [5.41, 5.74) is 0. The third kappa shape index (κ3) is 4.04. The fraction of sp³-hybridized carbons (Fsp3) is 0.643. The van der Waals surface area contributed by atoms with E-state index >= 15 is 0 Å². The molecule has 0 aliphatic heterocycles. The molecule has 1 heterocycles. The smallest absolute Gasteiger partial charge is 0.306 e. The van der Waals surface area contributed by atoms with Crippen molar-refractivity contribution < 1.29 is 9.90 Å². The van der Waals surface area contributed by atoms with Crippen LogP contribution >= 0.6 is 27.3 Å². The third-order valence-corrected chi connectivity index (χ3v) is 5.74. The molecule has 1 saturated carbocycles. The van der Waals surface area contributed by atoms with Gasteiger partial charge in [-0.25, -0.2) is 0 Å². The maximum absolute atomic E-state index is 11.3. The average Bonchev–Trinajstić information content (AvgIpc) is 2.83. The Kier molecular flexibility index (Phi) is 5.42. The molecule has 2 rings (SSSR count). The molecule has 1 aromatic rings. The van der Waals surface area contributed by atoms with Gasteiger partial charge in [0.25, 0.3) is 0 Å². The highest BCUT2D eigenvalue weighted by molar-refractivity contribution is 9.11. The summed E-state index contributed by atoms with van der Waals surface area (Å²) in [5.74, 6) is -0.515. The molecule has 1 aromatic heterocycles. The van der Waals surface area contributed by atoms with Gasteiger partial charge in [0.1, 0.15) is 0 Å². The Bertz CT molecular complexity index is 435. The van der Waals surface area contributed by atoms with Crippen LogP contribution in [0.25, 0.3) is 0 Å². The van der Waals surface area contributed by atoms with E-state index in [1.165, 1.54) is 4.88 Å². The summed E-state index contributed by atoms with van der Waals surface area (Å²) in [6, 6.07) is 4.45. The molecular formula is C14H20BrNO2S. The molecule has 1 aliphatic carbocycles. The Hall–Kier alpha value is -0.390.